The predicted octanol–water partition coefficient (Wildman–Crippen LogP) is 3.60. The summed E-state index contributed by atoms with van der Waals surface area (Å²) in [7, 11) is 0. The van der Waals surface area contributed by atoms with Crippen molar-refractivity contribution in [2.24, 2.45) is 0 Å². The molecule has 0 aromatic heterocycles. The van der Waals surface area contributed by atoms with Gasteiger partial charge >= 0.3 is 0 Å². The van der Waals surface area contributed by atoms with Gasteiger partial charge in [0, 0.05) is 11.1 Å². The highest BCUT2D eigenvalue weighted by Gasteiger charge is 2.35. The van der Waals surface area contributed by atoms with Crippen molar-refractivity contribution in [2.45, 2.75) is 6.04 Å². The van der Waals surface area contributed by atoms with Crippen molar-refractivity contribution in [3.05, 3.63) is 123 Å². The molecule has 0 amide bonds. The molecule has 0 radical (unpaired) electrons. The van der Waals surface area contributed by atoms with Crippen molar-refractivity contribution >= 4 is 22.3 Å². The van der Waals surface area contributed by atoms with E-state index in [2.05, 4.69) is 0 Å². The van der Waals surface area contributed by atoms with Crippen LogP contribution in [0.3, 0.4) is 0 Å². The summed E-state index contributed by atoms with van der Waals surface area (Å²) in [6.45, 7) is 0. The second-order valence-corrected chi connectivity index (χ2v) is 6.97. The van der Waals surface area contributed by atoms with Gasteiger partial charge in [0.1, 0.15) is 0 Å². The molecule has 7 heteroatoms. The van der Waals surface area contributed by atoms with E-state index in [9.17, 15) is 20.7 Å². The van der Waals surface area contributed by atoms with E-state index in [0.29, 0.717) is 16.2 Å². The van der Waals surface area contributed by atoms with Gasteiger partial charge in [-0.15, -0.1) is 0 Å². The topological polar surface area (TPSA) is 95.7 Å². The molecule has 2 aromatic rings. The smallest absolute Gasteiger partial charge is 0.232 e. The first-order valence-corrected chi connectivity index (χ1v) is 9.17. The Kier molecular flexibility index (Phi) is 4.88. The standard InChI is InChI=1S/C22H16ClN2O4/c23-18(14-7-3-1-4-8-14)12-16-11-17-20(13-19(16)25(28)29)24(27)21(22(17)26)15-9-5-2-6-10-15/h1-13,21,27H,(H-,26,28,29)/q-1/p-1. The van der Waals surface area contributed by atoms with Crippen LogP contribution in [-0.2, 0) is 0 Å². The third-order valence-corrected chi connectivity index (χ3v) is 5.12. The van der Waals surface area contributed by atoms with Gasteiger partial charge in [0.05, 0.1) is 17.3 Å². The summed E-state index contributed by atoms with van der Waals surface area (Å²) < 4.78 is 0. The Morgan fingerprint density at radius 1 is 1.00 bits per heavy atom. The molecule has 0 fully saturated rings. The molecule has 0 spiro atoms. The average molecular weight is 407 g/mol. The van der Waals surface area contributed by atoms with Crippen LogP contribution in [0.2, 0.25) is 0 Å². The molecule has 4 rings (SSSR count). The van der Waals surface area contributed by atoms with Crippen LogP contribution in [0.5, 0.6) is 0 Å². The number of rotatable bonds is 3. The Balaban J connectivity index is 1.82. The molecule has 1 atom stereocenters. The van der Waals surface area contributed by atoms with Gasteiger partial charge in [-0.3, -0.25) is 5.21 Å². The minimum Gasteiger partial charge on any atom is -0.873 e. The van der Waals surface area contributed by atoms with Crippen LogP contribution in [-0.4, -0.2) is 20.9 Å². The monoisotopic (exact) mass is 406 g/mol. The van der Waals surface area contributed by atoms with Crippen LogP contribution in [0.1, 0.15) is 17.2 Å². The van der Waals surface area contributed by atoms with Gasteiger partial charge in [-0.05, 0) is 28.9 Å². The fraction of sp³-hybridized carbons (Fsp3) is 0.0455. The maximum absolute atomic E-state index is 13.0. The van der Waals surface area contributed by atoms with Crippen molar-refractivity contribution in [1.82, 2.24) is 5.06 Å². The summed E-state index contributed by atoms with van der Waals surface area (Å²) in [6, 6.07) is 16.8. The van der Waals surface area contributed by atoms with E-state index in [1.807, 2.05) is 6.07 Å². The molecule has 1 N–H and O–H groups in total. The van der Waals surface area contributed by atoms with Crippen LogP contribution in [0.25, 0.3) is 5.03 Å². The quantitative estimate of drug-likeness (QED) is 0.620. The molecule has 0 saturated heterocycles. The number of nitrogens with zero attached hydrogens (tertiary/aromatic N) is 2. The van der Waals surface area contributed by atoms with Crippen molar-refractivity contribution in [3.8, 4) is 0 Å². The highest BCUT2D eigenvalue weighted by molar-refractivity contribution is 6.49. The molecule has 1 unspecified atom stereocenters. The first-order chi connectivity index (χ1) is 14.0. The van der Waals surface area contributed by atoms with Gasteiger partial charge in [-0.2, -0.15) is 4.90 Å². The summed E-state index contributed by atoms with van der Waals surface area (Å²) in [5, 5.41) is 47.9. The molecule has 1 heterocycles. The minimum atomic E-state index is -0.949. The molecule has 0 saturated carbocycles. The number of hydroxylamine groups is 2. The SMILES string of the molecule is [O-]C1=C2C=C(C=C(Cl)c3ccccc3)C(=[N+]([O-])[O-])C=C2N(O)C1c1ccccc1. The summed E-state index contributed by atoms with van der Waals surface area (Å²) in [5.74, 6) is -0.339. The molecule has 6 nitrogen and oxygen atoms in total. The Morgan fingerprint density at radius 2 is 1.62 bits per heavy atom. The molecule has 2 aromatic carbocycles. The van der Waals surface area contributed by atoms with Crippen molar-refractivity contribution in [2.75, 3.05) is 0 Å². The molecular formula is C22H15ClN2O4-2. The highest BCUT2D eigenvalue weighted by atomic mass is 35.5. The van der Waals surface area contributed by atoms with Crippen LogP contribution in [0.4, 0.5) is 0 Å². The third-order valence-electron chi connectivity index (χ3n) is 4.79. The van der Waals surface area contributed by atoms with E-state index in [1.54, 1.807) is 54.6 Å². The molecule has 1 aliphatic heterocycles. The van der Waals surface area contributed by atoms with Crippen molar-refractivity contribution in [3.63, 3.8) is 0 Å². The number of halogens is 1. The van der Waals surface area contributed by atoms with E-state index in [0.717, 1.165) is 5.06 Å². The van der Waals surface area contributed by atoms with Crippen LogP contribution >= 0.6 is 11.6 Å². The van der Waals surface area contributed by atoms with Crippen LogP contribution in [0.15, 0.2) is 101 Å². The van der Waals surface area contributed by atoms with Gasteiger partial charge in [0.25, 0.3) is 0 Å². The maximum Gasteiger partial charge on any atom is 0.232 e. The lowest BCUT2D eigenvalue weighted by Gasteiger charge is -2.26. The van der Waals surface area contributed by atoms with Gasteiger partial charge in [0.15, 0.2) is 0 Å². The van der Waals surface area contributed by atoms with Gasteiger partial charge < -0.3 is 15.5 Å². The fourth-order valence-electron chi connectivity index (χ4n) is 3.40. The lowest BCUT2D eigenvalue weighted by Crippen LogP contribution is -2.25. The number of benzene rings is 2. The summed E-state index contributed by atoms with van der Waals surface area (Å²) in [5.41, 5.74) is 1.54. The summed E-state index contributed by atoms with van der Waals surface area (Å²) in [6.07, 6.45) is 4.07. The van der Waals surface area contributed by atoms with E-state index in [-0.39, 0.29) is 28.3 Å². The average Bonchev–Trinajstić information content (AvgIpc) is 2.98. The highest BCUT2D eigenvalue weighted by Crippen LogP contribution is 2.42. The second-order valence-electron chi connectivity index (χ2n) is 6.57. The Labute approximate surface area is 172 Å². The zero-order chi connectivity index (χ0) is 20.5. The predicted molar refractivity (Wildman–Crippen MR) is 108 cm³/mol. The lowest BCUT2D eigenvalue weighted by atomic mass is 9.96. The molecule has 29 heavy (non-hydrogen) atoms. The summed E-state index contributed by atoms with van der Waals surface area (Å²) in [4.78, 5) is -0.560. The Morgan fingerprint density at radius 3 is 2.24 bits per heavy atom. The van der Waals surface area contributed by atoms with Gasteiger partial charge in [0.2, 0.25) is 5.71 Å². The lowest BCUT2D eigenvalue weighted by molar-refractivity contribution is -0.377. The second kappa shape index (κ2) is 7.50. The number of hydrogen-bond donors (Lipinski definition) is 1. The summed E-state index contributed by atoms with van der Waals surface area (Å²) >= 11 is 6.35. The molecule has 146 valence electrons. The van der Waals surface area contributed by atoms with E-state index in [4.69, 9.17) is 11.6 Å². The van der Waals surface area contributed by atoms with E-state index in [1.165, 1.54) is 18.2 Å². The maximum atomic E-state index is 13.0. The number of allylic oxidation sites excluding steroid dienone is 4. The van der Waals surface area contributed by atoms with Crippen LogP contribution < -0.4 is 5.11 Å². The van der Waals surface area contributed by atoms with E-state index < -0.39 is 10.9 Å². The zero-order valence-electron chi connectivity index (χ0n) is 15.0. The first-order valence-electron chi connectivity index (χ1n) is 8.79. The third kappa shape index (κ3) is 3.40. The number of fused-ring (bicyclic) bond motifs is 1. The largest absolute Gasteiger partial charge is 0.873 e. The van der Waals surface area contributed by atoms with Gasteiger partial charge in [-0.25, -0.2) is 5.06 Å². The van der Waals surface area contributed by atoms with Crippen molar-refractivity contribution < 1.29 is 15.2 Å². The number of hydrogen-bond acceptors (Lipinski definition) is 5. The molecular weight excluding hydrogens is 392 g/mol. The Bertz CT molecular complexity index is 1100. The Hall–Kier alpha value is -3.48. The minimum absolute atomic E-state index is 0.100. The van der Waals surface area contributed by atoms with E-state index >= 15 is 0 Å². The normalized spacial score (nSPS) is 19.1. The first kappa shape index (κ1) is 18.9. The van der Waals surface area contributed by atoms with Crippen LogP contribution in [0, 0.1) is 10.4 Å². The molecule has 0 bridgehead atoms. The zero-order valence-corrected chi connectivity index (χ0v) is 15.8. The molecule has 1 aliphatic carbocycles. The fourth-order valence-corrected chi connectivity index (χ4v) is 3.64. The molecule has 2 aliphatic rings. The van der Waals surface area contributed by atoms with Crippen molar-refractivity contribution in [1.29, 1.82) is 0 Å². The van der Waals surface area contributed by atoms with Gasteiger partial charge in [-0.1, -0.05) is 78.0 Å².